The molecule has 0 spiro atoms. The molecule has 12 nitrogen and oxygen atoms in total. The van der Waals surface area contributed by atoms with E-state index in [-0.39, 0.29) is 24.0 Å². The maximum absolute atomic E-state index is 13.9. The molecule has 0 saturated heterocycles. The Kier molecular flexibility index (Phi) is 13.6. The fourth-order valence-electron chi connectivity index (χ4n) is 5.46. The van der Waals surface area contributed by atoms with Crippen molar-refractivity contribution in [2.45, 2.75) is 53.1 Å². The van der Waals surface area contributed by atoms with Crippen LogP contribution in [0.2, 0.25) is 0 Å². The summed E-state index contributed by atoms with van der Waals surface area (Å²) >= 11 is 0. The van der Waals surface area contributed by atoms with Crippen LogP contribution in [0.4, 0.5) is 27.5 Å². The first kappa shape index (κ1) is 40.6. The van der Waals surface area contributed by atoms with Crippen molar-refractivity contribution in [3.05, 3.63) is 114 Å². The van der Waals surface area contributed by atoms with Gasteiger partial charge in [-0.3, -0.25) is 24.1 Å². The van der Waals surface area contributed by atoms with Crippen LogP contribution in [0.25, 0.3) is 0 Å². The molecule has 2 N–H and O–H groups in total. The van der Waals surface area contributed by atoms with E-state index in [1.807, 2.05) is 38.1 Å². The molecule has 0 aliphatic carbocycles. The lowest BCUT2D eigenvalue weighted by Gasteiger charge is -2.27. The predicted molar refractivity (Wildman–Crippen MR) is 211 cm³/mol. The van der Waals surface area contributed by atoms with E-state index in [9.17, 15) is 24.0 Å². The molecule has 1 unspecified atom stereocenters. The SMILES string of the molecule is Cc1cccc(N(C)C(=O)COc2ccccc2N(CC(=O)N(C)c2ccccc2)C(=O)CNC(=O)Nc2cccc(C(C)C(=O)OC(C)(C)C)c2)c1C. The number of ether oxygens (including phenoxy) is 2. The summed E-state index contributed by atoms with van der Waals surface area (Å²) in [4.78, 5) is 70.6. The number of carbonyl (C=O) groups is 5. The van der Waals surface area contributed by atoms with Gasteiger partial charge in [0.15, 0.2) is 6.61 Å². The number of rotatable bonds is 13. The van der Waals surface area contributed by atoms with E-state index in [0.29, 0.717) is 16.9 Å². The number of nitrogens with zero attached hydrogens (tertiary/aromatic N) is 3. The number of amides is 5. The molecule has 0 fully saturated rings. The number of benzene rings is 4. The summed E-state index contributed by atoms with van der Waals surface area (Å²) in [5.74, 6) is -2.12. The topological polar surface area (TPSA) is 138 Å². The Bertz CT molecular complexity index is 1980. The maximum atomic E-state index is 13.9. The number of likely N-dealkylation sites (N-methyl/N-ethyl adjacent to an activating group) is 2. The monoisotopic (exact) mass is 735 g/mol. The molecule has 0 aliphatic heterocycles. The van der Waals surface area contributed by atoms with Crippen LogP contribution in [0.15, 0.2) is 97.1 Å². The molecule has 0 radical (unpaired) electrons. The van der Waals surface area contributed by atoms with Gasteiger partial charge in [0.05, 0.1) is 18.2 Å². The van der Waals surface area contributed by atoms with Gasteiger partial charge in [-0.15, -0.1) is 0 Å². The highest BCUT2D eigenvalue weighted by Gasteiger charge is 2.26. The Labute approximate surface area is 317 Å². The largest absolute Gasteiger partial charge is 0.482 e. The standard InChI is InChI=1S/C42H49N5O7/c1-28-16-14-22-34(29(28)2)46(8)39(50)27-53-36-23-13-12-21-35(36)47(26-38(49)45(7)33-19-10-9-11-20-33)37(48)25-43-41(52)44-32-18-15-17-31(24-32)30(3)40(51)54-42(4,5)6/h9-24,30H,25-27H2,1-8H3,(H2,43,44,52). The van der Waals surface area contributed by atoms with Crippen molar-refractivity contribution in [1.29, 1.82) is 0 Å². The van der Waals surface area contributed by atoms with Crippen molar-refractivity contribution in [2.75, 3.05) is 53.8 Å². The minimum Gasteiger partial charge on any atom is -0.482 e. The zero-order valence-corrected chi connectivity index (χ0v) is 32.1. The fraction of sp³-hybridized carbons (Fsp3) is 0.310. The van der Waals surface area contributed by atoms with Crippen LogP contribution in [0.1, 0.15) is 50.3 Å². The summed E-state index contributed by atoms with van der Waals surface area (Å²) in [6, 6.07) is 27.4. The third kappa shape index (κ3) is 10.9. The number of nitrogens with one attached hydrogen (secondary N) is 2. The van der Waals surface area contributed by atoms with E-state index in [1.54, 1.807) is 115 Å². The normalized spacial score (nSPS) is 11.5. The van der Waals surface area contributed by atoms with Crippen LogP contribution >= 0.6 is 0 Å². The Morgan fingerprint density at radius 2 is 1.39 bits per heavy atom. The Morgan fingerprint density at radius 1 is 0.741 bits per heavy atom. The number of hydrogen-bond donors (Lipinski definition) is 2. The average molecular weight is 736 g/mol. The van der Waals surface area contributed by atoms with E-state index in [0.717, 1.165) is 16.8 Å². The van der Waals surface area contributed by atoms with Gasteiger partial charge in [-0.05, 0) is 101 Å². The van der Waals surface area contributed by atoms with Gasteiger partial charge < -0.3 is 29.9 Å². The molecule has 0 aliphatic rings. The van der Waals surface area contributed by atoms with Crippen LogP contribution in [0.3, 0.4) is 0 Å². The second kappa shape index (κ2) is 18.0. The molecule has 1 atom stereocenters. The quantitative estimate of drug-likeness (QED) is 0.148. The first-order valence-electron chi connectivity index (χ1n) is 17.6. The summed E-state index contributed by atoms with van der Waals surface area (Å²) in [6.45, 7) is 9.79. The van der Waals surface area contributed by atoms with Crippen molar-refractivity contribution in [2.24, 2.45) is 0 Å². The van der Waals surface area contributed by atoms with Crippen molar-refractivity contribution in [3.8, 4) is 5.75 Å². The van der Waals surface area contributed by atoms with Crippen LogP contribution < -0.4 is 30.1 Å². The van der Waals surface area contributed by atoms with Crippen LogP contribution in [-0.2, 0) is 23.9 Å². The average Bonchev–Trinajstić information content (AvgIpc) is 3.15. The highest BCUT2D eigenvalue weighted by Crippen LogP contribution is 2.30. The lowest BCUT2D eigenvalue weighted by Crippen LogP contribution is -2.46. The van der Waals surface area contributed by atoms with Crippen molar-refractivity contribution in [3.63, 3.8) is 0 Å². The number of esters is 1. The van der Waals surface area contributed by atoms with Crippen molar-refractivity contribution < 1.29 is 33.4 Å². The molecule has 284 valence electrons. The molecule has 4 aromatic rings. The summed E-state index contributed by atoms with van der Waals surface area (Å²) in [7, 11) is 3.27. The van der Waals surface area contributed by atoms with Gasteiger partial charge in [-0.25, -0.2) is 4.79 Å². The van der Waals surface area contributed by atoms with E-state index >= 15 is 0 Å². The molecule has 12 heteroatoms. The minimum absolute atomic E-state index is 0.198. The number of anilines is 4. The Hall–Kier alpha value is -6.17. The predicted octanol–water partition coefficient (Wildman–Crippen LogP) is 6.61. The third-order valence-corrected chi connectivity index (χ3v) is 8.74. The highest BCUT2D eigenvalue weighted by atomic mass is 16.6. The molecule has 0 aromatic heterocycles. The van der Waals surface area contributed by atoms with E-state index in [1.165, 1.54) is 14.7 Å². The first-order chi connectivity index (χ1) is 25.6. The maximum Gasteiger partial charge on any atom is 0.319 e. The van der Waals surface area contributed by atoms with Gasteiger partial charge in [-0.2, -0.15) is 0 Å². The Morgan fingerprint density at radius 3 is 2.09 bits per heavy atom. The highest BCUT2D eigenvalue weighted by molar-refractivity contribution is 6.06. The molecule has 4 rings (SSSR count). The summed E-state index contributed by atoms with van der Waals surface area (Å²) < 4.78 is 11.5. The zero-order chi connectivity index (χ0) is 39.6. The minimum atomic E-state index is -0.678. The number of aryl methyl sites for hydroxylation is 1. The molecule has 54 heavy (non-hydrogen) atoms. The van der Waals surface area contributed by atoms with Crippen molar-refractivity contribution >= 4 is 52.5 Å². The number of hydrogen-bond acceptors (Lipinski definition) is 7. The fourth-order valence-corrected chi connectivity index (χ4v) is 5.46. The van der Waals surface area contributed by atoms with E-state index in [2.05, 4.69) is 10.6 Å². The van der Waals surface area contributed by atoms with Gasteiger partial charge in [0.25, 0.3) is 5.91 Å². The summed E-state index contributed by atoms with van der Waals surface area (Å²) in [5.41, 5.74) is 4.01. The second-order valence-corrected chi connectivity index (χ2v) is 13.9. The third-order valence-electron chi connectivity index (χ3n) is 8.74. The van der Waals surface area contributed by atoms with Crippen LogP contribution in [-0.4, -0.2) is 69.1 Å². The lowest BCUT2D eigenvalue weighted by molar-refractivity contribution is -0.156. The molecule has 4 aromatic carbocycles. The smallest absolute Gasteiger partial charge is 0.319 e. The van der Waals surface area contributed by atoms with Gasteiger partial charge in [0.1, 0.15) is 17.9 Å². The lowest BCUT2D eigenvalue weighted by atomic mass is 10.0. The number of para-hydroxylation sites is 3. The molecule has 0 heterocycles. The zero-order valence-electron chi connectivity index (χ0n) is 32.1. The second-order valence-electron chi connectivity index (χ2n) is 13.9. The van der Waals surface area contributed by atoms with Gasteiger partial charge in [0, 0.05) is 31.2 Å². The van der Waals surface area contributed by atoms with Gasteiger partial charge in [-0.1, -0.05) is 54.6 Å². The molecule has 0 saturated carbocycles. The Balaban J connectivity index is 1.51. The number of urea groups is 1. The van der Waals surface area contributed by atoms with Crippen molar-refractivity contribution in [1.82, 2.24) is 5.32 Å². The molecular weight excluding hydrogens is 686 g/mol. The first-order valence-corrected chi connectivity index (χ1v) is 17.6. The van der Waals surface area contributed by atoms with Crippen LogP contribution in [0.5, 0.6) is 5.75 Å². The van der Waals surface area contributed by atoms with E-state index in [4.69, 9.17) is 9.47 Å². The van der Waals surface area contributed by atoms with Gasteiger partial charge >= 0.3 is 12.0 Å². The van der Waals surface area contributed by atoms with E-state index < -0.39 is 48.4 Å². The molecular formula is C42H49N5O7. The van der Waals surface area contributed by atoms with Crippen LogP contribution in [0, 0.1) is 13.8 Å². The summed E-state index contributed by atoms with van der Waals surface area (Å²) in [5, 5.41) is 5.27. The molecule has 0 bridgehead atoms. The summed E-state index contributed by atoms with van der Waals surface area (Å²) in [6.07, 6.45) is 0. The van der Waals surface area contributed by atoms with Gasteiger partial charge in [0.2, 0.25) is 11.8 Å². The molecule has 5 amide bonds. The number of carbonyl (C=O) groups excluding carboxylic acids is 5.